The molecule has 3 heterocycles. The van der Waals surface area contributed by atoms with Gasteiger partial charge in [-0.05, 0) is 25.8 Å². The number of carbonyl (C=O) groups excluding carboxylic acids is 1. The first-order valence-corrected chi connectivity index (χ1v) is 8.66. The minimum atomic E-state index is -0.753. The van der Waals surface area contributed by atoms with E-state index in [9.17, 15) is 13.6 Å². The summed E-state index contributed by atoms with van der Waals surface area (Å²) >= 11 is 0. The van der Waals surface area contributed by atoms with Crippen molar-refractivity contribution in [2.45, 2.75) is 25.3 Å². The van der Waals surface area contributed by atoms with Crippen molar-refractivity contribution in [3.63, 3.8) is 0 Å². The Kier molecular flexibility index (Phi) is 4.33. The molecule has 0 unspecified atom stereocenters. The second-order valence-electron chi connectivity index (χ2n) is 6.40. The molecule has 1 saturated carbocycles. The van der Waals surface area contributed by atoms with Crippen LogP contribution >= 0.6 is 0 Å². The molecule has 0 saturated heterocycles. The molecule has 0 aromatic carbocycles. The number of hydrogen-bond donors (Lipinski definition) is 1. The highest BCUT2D eigenvalue weighted by atomic mass is 19.1. The third-order valence-corrected chi connectivity index (χ3v) is 4.58. The Hall–Kier alpha value is -3.30. The highest BCUT2D eigenvalue weighted by molar-refractivity contribution is 5.95. The fraction of sp³-hybridized carbons (Fsp3) is 0.333. The number of anilines is 1. The zero-order valence-corrected chi connectivity index (χ0v) is 15.2. The second kappa shape index (κ2) is 6.70. The van der Waals surface area contributed by atoms with E-state index in [0.29, 0.717) is 18.4 Å². The monoisotopic (exact) mass is 389 g/mol. The number of ether oxygens (including phenoxy) is 2. The van der Waals surface area contributed by atoms with Crippen molar-refractivity contribution >= 4 is 17.4 Å². The zero-order chi connectivity index (χ0) is 19.9. The molecule has 1 aliphatic rings. The summed E-state index contributed by atoms with van der Waals surface area (Å²) in [5, 5.41) is 6.97. The van der Waals surface area contributed by atoms with E-state index in [4.69, 9.17) is 9.47 Å². The third-order valence-electron chi connectivity index (χ3n) is 4.58. The number of esters is 1. The molecule has 0 bridgehead atoms. The van der Waals surface area contributed by atoms with E-state index in [-0.39, 0.29) is 29.5 Å². The van der Waals surface area contributed by atoms with Crippen molar-refractivity contribution < 1.29 is 23.0 Å². The average molecular weight is 389 g/mol. The van der Waals surface area contributed by atoms with Crippen molar-refractivity contribution in [2.24, 2.45) is 0 Å². The summed E-state index contributed by atoms with van der Waals surface area (Å²) < 4.78 is 39.7. The summed E-state index contributed by atoms with van der Waals surface area (Å²) in [6.07, 6.45) is 4.68. The number of nitrogens with zero attached hydrogens (tertiary/aromatic N) is 4. The first-order valence-electron chi connectivity index (χ1n) is 8.66. The van der Waals surface area contributed by atoms with Gasteiger partial charge >= 0.3 is 5.97 Å². The summed E-state index contributed by atoms with van der Waals surface area (Å²) in [5.74, 6) is -1.61. The molecular formula is C18H17F2N5O3. The molecule has 10 heteroatoms. The van der Waals surface area contributed by atoms with E-state index in [2.05, 4.69) is 20.4 Å². The summed E-state index contributed by atoms with van der Waals surface area (Å²) in [6.45, 7) is 1.87. The zero-order valence-electron chi connectivity index (χ0n) is 15.2. The van der Waals surface area contributed by atoms with Crippen molar-refractivity contribution in [1.29, 1.82) is 0 Å². The first kappa shape index (κ1) is 18.1. The minimum absolute atomic E-state index is 0.0811. The van der Waals surface area contributed by atoms with Gasteiger partial charge in [-0.15, -0.1) is 0 Å². The van der Waals surface area contributed by atoms with Gasteiger partial charge in [0.05, 0.1) is 37.8 Å². The van der Waals surface area contributed by atoms with Crippen LogP contribution in [0.4, 0.5) is 14.6 Å². The van der Waals surface area contributed by atoms with E-state index >= 15 is 0 Å². The summed E-state index contributed by atoms with van der Waals surface area (Å²) in [6, 6.07) is 1.31. The molecule has 28 heavy (non-hydrogen) atoms. The maximum atomic E-state index is 14.6. The van der Waals surface area contributed by atoms with E-state index in [1.54, 1.807) is 6.92 Å². The summed E-state index contributed by atoms with van der Waals surface area (Å²) in [4.78, 5) is 20.2. The van der Waals surface area contributed by atoms with E-state index in [1.165, 1.54) is 19.4 Å². The number of methoxy groups -OCH3 is 1. The number of aromatic nitrogens is 4. The second-order valence-corrected chi connectivity index (χ2v) is 6.40. The number of nitrogens with one attached hydrogen (secondary N) is 1. The Morgan fingerprint density at radius 3 is 2.82 bits per heavy atom. The minimum Gasteiger partial charge on any atom is -0.481 e. The quantitative estimate of drug-likeness (QED) is 0.648. The van der Waals surface area contributed by atoms with Gasteiger partial charge in [0.15, 0.2) is 17.3 Å². The van der Waals surface area contributed by atoms with Crippen LogP contribution in [0.15, 0.2) is 24.7 Å². The summed E-state index contributed by atoms with van der Waals surface area (Å²) in [5.41, 5.74) is 0.00827. The topological polar surface area (TPSA) is 90.6 Å². The number of rotatable bonds is 6. The molecule has 0 radical (unpaired) electrons. The first-order chi connectivity index (χ1) is 13.5. The molecule has 1 fully saturated rings. The molecule has 1 aliphatic carbocycles. The van der Waals surface area contributed by atoms with Crippen LogP contribution in [-0.4, -0.2) is 39.3 Å². The lowest BCUT2D eigenvalue weighted by Gasteiger charge is -2.20. The van der Waals surface area contributed by atoms with Gasteiger partial charge in [-0.2, -0.15) is 5.10 Å². The lowest BCUT2D eigenvalue weighted by atomic mass is 10.1. The molecule has 3 aromatic rings. The number of pyridine rings is 1. The fourth-order valence-electron chi connectivity index (χ4n) is 3.08. The predicted octanol–water partition coefficient (Wildman–Crippen LogP) is 2.69. The smallest absolute Gasteiger partial charge is 0.343 e. The van der Waals surface area contributed by atoms with Crippen molar-refractivity contribution in [3.8, 4) is 5.88 Å². The van der Waals surface area contributed by atoms with Crippen molar-refractivity contribution in [1.82, 2.24) is 19.6 Å². The van der Waals surface area contributed by atoms with Crippen LogP contribution < -0.4 is 10.1 Å². The Bertz CT molecular complexity index is 1060. The molecule has 3 aromatic heterocycles. The number of fused-ring (bicyclic) bond motifs is 1. The van der Waals surface area contributed by atoms with Gasteiger partial charge in [-0.1, -0.05) is 0 Å². The SMILES string of the molecule is CCOC(=O)c1cnn2cc(F)c(NC3(c4cc(F)cnc4OC)CC3)nc12. The highest BCUT2D eigenvalue weighted by Gasteiger charge is 2.48. The van der Waals surface area contributed by atoms with Gasteiger partial charge < -0.3 is 14.8 Å². The maximum absolute atomic E-state index is 14.6. The Balaban J connectivity index is 1.74. The molecule has 0 atom stereocenters. The molecular weight excluding hydrogens is 372 g/mol. The average Bonchev–Trinajstić information content (AvgIpc) is 3.34. The van der Waals surface area contributed by atoms with Crippen LogP contribution in [0.3, 0.4) is 0 Å². The molecule has 0 spiro atoms. The largest absolute Gasteiger partial charge is 0.481 e. The number of hydrogen-bond acceptors (Lipinski definition) is 7. The normalized spacial score (nSPS) is 14.7. The molecule has 146 valence electrons. The van der Waals surface area contributed by atoms with Crippen LogP contribution in [0.1, 0.15) is 35.7 Å². The standard InChI is InChI=1S/C18H17F2N5O3/c1-3-28-17(26)11-8-22-25-9-13(20)14(23-15(11)25)24-18(4-5-18)12-6-10(19)7-21-16(12)27-2/h6-9H,3-5H2,1-2H3,(H,23,24). The van der Waals surface area contributed by atoms with Gasteiger partial charge in [0.1, 0.15) is 11.4 Å². The van der Waals surface area contributed by atoms with Crippen LogP contribution in [0.5, 0.6) is 5.88 Å². The lowest BCUT2D eigenvalue weighted by Crippen LogP contribution is -2.22. The van der Waals surface area contributed by atoms with Gasteiger partial charge in [0.25, 0.3) is 0 Å². The van der Waals surface area contributed by atoms with E-state index < -0.39 is 23.1 Å². The molecule has 0 aliphatic heterocycles. The molecule has 8 nitrogen and oxygen atoms in total. The van der Waals surface area contributed by atoms with Gasteiger partial charge in [-0.25, -0.2) is 28.1 Å². The third kappa shape index (κ3) is 3.00. The van der Waals surface area contributed by atoms with Crippen LogP contribution in [0, 0.1) is 11.6 Å². The Morgan fingerprint density at radius 1 is 1.36 bits per heavy atom. The Labute approximate surface area is 158 Å². The molecule has 4 rings (SSSR count). The van der Waals surface area contributed by atoms with Gasteiger partial charge in [-0.3, -0.25) is 0 Å². The maximum Gasteiger partial charge on any atom is 0.343 e. The molecule has 1 N–H and O–H groups in total. The van der Waals surface area contributed by atoms with Gasteiger partial charge in [0, 0.05) is 5.56 Å². The fourth-order valence-corrected chi connectivity index (χ4v) is 3.08. The lowest BCUT2D eigenvalue weighted by molar-refractivity contribution is 0.0528. The Morgan fingerprint density at radius 2 is 2.14 bits per heavy atom. The van der Waals surface area contributed by atoms with Crippen molar-refractivity contribution in [2.75, 3.05) is 19.0 Å². The number of halogens is 2. The van der Waals surface area contributed by atoms with Crippen LogP contribution in [0.25, 0.3) is 5.65 Å². The van der Waals surface area contributed by atoms with E-state index in [0.717, 1.165) is 16.9 Å². The van der Waals surface area contributed by atoms with Gasteiger partial charge in [0.2, 0.25) is 5.88 Å². The number of carbonyl (C=O) groups is 1. The van der Waals surface area contributed by atoms with Crippen molar-refractivity contribution in [3.05, 3.63) is 47.4 Å². The van der Waals surface area contributed by atoms with Crippen LogP contribution in [0.2, 0.25) is 0 Å². The molecule has 0 amide bonds. The summed E-state index contributed by atoms with van der Waals surface area (Å²) in [7, 11) is 1.43. The van der Waals surface area contributed by atoms with E-state index in [1.807, 2.05) is 0 Å². The predicted molar refractivity (Wildman–Crippen MR) is 94.2 cm³/mol. The van der Waals surface area contributed by atoms with Crippen LogP contribution in [-0.2, 0) is 10.3 Å². The highest BCUT2D eigenvalue weighted by Crippen LogP contribution is 2.51.